The molecule has 0 radical (unpaired) electrons. The average molecular weight is 425 g/mol. The van der Waals surface area contributed by atoms with E-state index in [2.05, 4.69) is 4.98 Å². The molecule has 3 rings (SSSR count). The molecule has 140 valence electrons. The first-order valence-corrected chi connectivity index (χ1v) is 11.0. The standard InChI is InChI=1S/C14H10F3NO5S3/c1-2-25(19,20)11-5-6-24-12(11)13-18-9-7-8(3-4-10(9)23-13)26(21,22)14(15,16)17/h3-7H,2H2,1H3. The zero-order chi connectivity index (χ0) is 19.3. The summed E-state index contributed by atoms with van der Waals surface area (Å²) in [5, 5.41) is 1.52. The number of benzene rings is 1. The van der Waals surface area contributed by atoms with Crippen LogP contribution in [0, 0.1) is 0 Å². The van der Waals surface area contributed by atoms with E-state index in [-0.39, 0.29) is 32.5 Å². The smallest absolute Gasteiger partial charge is 0.435 e. The highest BCUT2D eigenvalue weighted by molar-refractivity contribution is 7.92. The number of hydrogen-bond donors (Lipinski definition) is 0. The second-order valence-electron chi connectivity index (χ2n) is 5.12. The van der Waals surface area contributed by atoms with Gasteiger partial charge in [-0.2, -0.15) is 13.2 Å². The third-order valence-electron chi connectivity index (χ3n) is 3.51. The second-order valence-corrected chi connectivity index (χ2v) is 10.2. The van der Waals surface area contributed by atoms with Crippen molar-refractivity contribution in [3.63, 3.8) is 0 Å². The number of aromatic nitrogens is 1. The summed E-state index contributed by atoms with van der Waals surface area (Å²) in [5.74, 6) is -0.256. The molecule has 3 aromatic rings. The Balaban J connectivity index is 2.15. The number of nitrogens with zero attached hydrogens (tertiary/aromatic N) is 1. The van der Waals surface area contributed by atoms with Crippen LogP contribution in [0.2, 0.25) is 0 Å². The topological polar surface area (TPSA) is 94.3 Å². The highest BCUT2D eigenvalue weighted by Crippen LogP contribution is 2.36. The molecule has 1 aromatic carbocycles. The van der Waals surface area contributed by atoms with Crippen molar-refractivity contribution < 1.29 is 34.4 Å². The van der Waals surface area contributed by atoms with Crippen molar-refractivity contribution in [2.75, 3.05) is 5.75 Å². The number of thiophene rings is 1. The third kappa shape index (κ3) is 3.01. The summed E-state index contributed by atoms with van der Waals surface area (Å²) < 4.78 is 90.6. The van der Waals surface area contributed by atoms with Gasteiger partial charge in [0.1, 0.15) is 10.4 Å². The van der Waals surface area contributed by atoms with Crippen molar-refractivity contribution in [3.8, 4) is 10.8 Å². The Bertz CT molecular complexity index is 1190. The van der Waals surface area contributed by atoms with Gasteiger partial charge >= 0.3 is 5.51 Å². The number of fused-ring (bicyclic) bond motifs is 1. The summed E-state index contributed by atoms with van der Waals surface area (Å²) in [6.45, 7) is 1.47. The van der Waals surface area contributed by atoms with Gasteiger partial charge in [0.25, 0.3) is 9.84 Å². The van der Waals surface area contributed by atoms with Gasteiger partial charge in [0.05, 0.1) is 15.5 Å². The Labute approximate surface area is 150 Å². The number of halogens is 3. The number of alkyl halides is 3. The van der Waals surface area contributed by atoms with Crippen molar-refractivity contribution in [2.24, 2.45) is 0 Å². The predicted octanol–water partition coefficient (Wildman–Crippen LogP) is 3.64. The molecule has 12 heteroatoms. The number of rotatable bonds is 4. The van der Waals surface area contributed by atoms with Crippen LogP contribution in [0.15, 0.2) is 43.9 Å². The van der Waals surface area contributed by atoms with Crippen molar-refractivity contribution in [2.45, 2.75) is 22.2 Å². The molecular weight excluding hydrogens is 415 g/mol. The molecule has 0 fully saturated rings. The number of sulfone groups is 2. The minimum atomic E-state index is -5.52. The first-order valence-electron chi connectivity index (χ1n) is 7.00. The lowest BCUT2D eigenvalue weighted by molar-refractivity contribution is -0.0435. The van der Waals surface area contributed by atoms with E-state index >= 15 is 0 Å². The van der Waals surface area contributed by atoms with E-state index in [9.17, 15) is 30.0 Å². The molecule has 0 aliphatic carbocycles. The minimum absolute atomic E-state index is 0.000285. The maximum atomic E-state index is 12.7. The van der Waals surface area contributed by atoms with Crippen molar-refractivity contribution in [1.29, 1.82) is 0 Å². The third-order valence-corrected chi connectivity index (χ3v) is 7.80. The Morgan fingerprint density at radius 1 is 1.15 bits per heavy atom. The molecule has 6 nitrogen and oxygen atoms in total. The summed E-state index contributed by atoms with van der Waals surface area (Å²) in [5.41, 5.74) is -5.53. The van der Waals surface area contributed by atoms with Gasteiger partial charge in [-0.1, -0.05) is 6.92 Å². The van der Waals surface area contributed by atoms with Crippen LogP contribution >= 0.6 is 11.3 Å². The van der Waals surface area contributed by atoms with Crippen molar-refractivity contribution in [1.82, 2.24) is 4.98 Å². The van der Waals surface area contributed by atoms with Gasteiger partial charge in [-0.05, 0) is 29.6 Å². The van der Waals surface area contributed by atoms with Gasteiger partial charge in [0.2, 0.25) is 5.89 Å². The van der Waals surface area contributed by atoms with Crippen LogP contribution < -0.4 is 0 Å². The monoisotopic (exact) mass is 425 g/mol. The van der Waals surface area contributed by atoms with Gasteiger partial charge in [-0.25, -0.2) is 21.8 Å². The SMILES string of the molecule is CCS(=O)(=O)c1ccsc1-c1nc2cc(S(=O)(=O)C(F)(F)F)ccc2o1. The summed E-state index contributed by atoms with van der Waals surface area (Å²) in [4.78, 5) is 3.20. The highest BCUT2D eigenvalue weighted by atomic mass is 32.2. The first kappa shape index (κ1) is 18.9. The van der Waals surface area contributed by atoms with Crippen molar-refractivity contribution >= 4 is 42.1 Å². The normalized spacial score (nSPS) is 13.4. The molecule has 0 N–H and O–H groups in total. The molecular formula is C14H10F3NO5S3. The molecule has 0 atom stereocenters. The van der Waals surface area contributed by atoms with E-state index in [1.165, 1.54) is 18.4 Å². The Morgan fingerprint density at radius 2 is 1.85 bits per heavy atom. The summed E-state index contributed by atoms with van der Waals surface area (Å²) in [7, 11) is -9.08. The van der Waals surface area contributed by atoms with Crippen LogP contribution in [0.1, 0.15) is 6.92 Å². The zero-order valence-electron chi connectivity index (χ0n) is 12.9. The Hall–Kier alpha value is -1.92. The molecule has 0 amide bonds. The van der Waals surface area contributed by atoms with Crippen LogP contribution in [-0.2, 0) is 19.7 Å². The van der Waals surface area contributed by atoms with E-state index in [4.69, 9.17) is 4.42 Å². The number of hydrogen-bond acceptors (Lipinski definition) is 7. The largest absolute Gasteiger partial charge is 0.501 e. The predicted molar refractivity (Wildman–Crippen MR) is 88.3 cm³/mol. The summed E-state index contributed by atoms with van der Waals surface area (Å²) in [6, 6.07) is 3.93. The van der Waals surface area contributed by atoms with Crippen LogP contribution in [-0.4, -0.2) is 33.1 Å². The van der Waals surface area contributed by atoms with E-state index < -0.39 is 30.1 Å². The van der Waals surface area contributed by atoms with Crippen molar-refractivity contribution in [3.05, 3.63) is 29.6 Å². The second kappa shape index (κ2) is 6.06. The molecule has 2 heterocycles. The van der Waals surface area contributed by atoms with E-state index in [0.29, 0.717) is 0 Å². The van der Waals surface area contributed by atoms with E-state index in [1.807, 2.05) is 0 Å². The molecule has 0 unspecified atom stereocenters. The molecule has 0 saturated carbocycles. The lowest BCUT2D eigenvalue weighted by Gasteiger charge is -2.07. The van der Waals surface area contributed by atoms with Gasteiger partial charge in [0.15, 0.2) is 15.4 Å². The molecule has 0 aliphatic rings. The Kier molecular flexibility index (Phi) is 4.40. The van der Waals surface area contributed by atoms with Crippen LogP contribution in [0.5, 0.6) is 0 Å². The van der Waals surface area contributed by atoms with Gasteiger partial charge in [0, 0.05) is 0 Å². The quantitative estimate of drug-likeness (QED) is 0.633. The summed E-state index contributed by atoms with van der Waals surface area (Å²) >= 11 is 1.04. The molecule has 0 spiro atoms. The molecule has 2 aromatic heterocycles. The zero-order valence-corrected chi connectivity index (χ0v) is 15.4. The maximum absolute atomic E-state index is 12.7. The fourth-order valence-corrected chi connectivity index (χ4v) is 5.22. The average Bonchev–Trinajstić information content (AvgIpc) is 3.19. The minimum Gasteiger partial charge on any atom is -0.435 e. The van der Waals surface area contributed by atoms with Gasteiger partial charge in [-0.15, -0.1) is 11.3 Å². The van der Waals surface area contributed by atoms with E-state index in [0.717, 1.165) is 29.5 Å². The fraction of sp³-hybridized carbons (Fsp3) is 0.214. The van der Waals surface area contributed by atoms with Crippen LogP contribution in [0.4, 0.5) is 13.2 Å². The molecule has 0 aliphatic heterocycles. The van der Waals surface area contributed by atoms with Gasteiger partial charge in [-0.3, -0.25) is 0 Å². The van der Waals surface area contributed by atoms with Gasteiger partial charge < -0.3 is 4.42 Å². The lowest BCUT2D eigenvalue weighted by Crippen LogP contribution is -2.23. The first-order chi connectivity index (χ1) is 12.0. The fourth-order valence-electron chi connectivity index (χ4n) is 2.16. The Morgan fingerprint density at radius 3 is 2.46 bits per heavy atom. The van der Waals surface area contributed by atoms with Crippen LogP contribution in [0.25, 0.3) is 21.9 Å². The van der Waals surface area contributed by atoms with Crippen LogP contribution in [0.3, 0.4) is 0 Å². The molecule has 26 heavy (non-hydrogen) atoms. The molecule has 0 saturated heterocycles. The lowest BCUT2D eigenvalue weighted by atomic mass is 10.3. The molecule has 0 bridgehead atoms. The number of oxazole rings is 1. The maximum Gasteiger partial charge on any atom is 0.501 e. The highest BCUT2D eigenvalue weighted by Gasteiger charge is 2.47. The van der Waals surface area contributed by atoms with E-state index in [1.54, 1.807) is 0 Å². The summed E-state index contributed by atoms with van der Waals surface area (Å²) in [6.07, 6.45) is 0.